The van der Waals surface area contributed by atoms with Gasteiger partial charge in [0.05, 0.1) is 5.52 Å². The van der Waals surface area contributed by atoms with Crippen molar-refractivity contribution in [3.05, 3.63) is 54.1 Å². The molecule has 1 aromatic heterocycles. The Labute approximate surface area is 130 Å². The number of aromatic nitrogens is 2. The van der Waals surface area contributed by atoms with Crippen LogP contribution in [-0.4, -0.2) is 23.1 Å². The van der Waals surface area contributed by atoms with E-state index in [1.54, 1.807) is 0 Å². The lowest BCUT2D eigenvalue weighted by molar-refractivity contribution is 0.941. The van der Waals surface area contributed by atoms with Crippen LogP contribution in [0.15, 0.2) is 48.5 Å². The van der Waals surface area contributed by atoms with Crippen LogP contribution in [0.25, 0.3) is 22.3 Å². The van der Waals surface area contributed by atoms with E-state index in [2.05, 4.69) is 42.2 Å². The Bertz CT molecular complexity index is 806. The van der Waals surface area contributed by atoms with Gasteiger partial charge in [-0.1, -0.05) is 42.0 Å². The van der Waals surface area contributed by atoms with Crippen LogP contribution in [0.3, 0.4) is 0 Å². The minimum absolute atomic E-state index is 0.818. The zero-order chi connectivity index (χ0) is 14.9. The summed E-state index contributed by atoms with van der Waals surface area (Å²) < 4.78 is 0. The molecule has 2 aromatic carbocycles. The molecular formula is C19H19N3. The van der Waals surface area contributed by atoms with Crippen molar-refractivity contribution in [3.63, 3.8) is 0 Å². The molecule has 1 aliphatic rings. The van der Waals surface area contributed by atoms with Crippen molar-refractivity contribution in [2.45, 2.75) is 19.8 Å². The van der Waals surface area contributed by atoms with Crippen LogP contribution in [-0.2, 0) is 0 Å². The zero-order valence-corrected chi connectivity index (χ0v) is 12.8. The first-order valence-electron chi connectivity index (χ1n) is 7.90. The number of anilines is 1. The van der Waals surface area contributed by atoms with E-state index < -0.39 is 0 Å². The molecule has 0 saturated carbocycles. The lowest BCUT2D eigenvalue weighted by atomic mass is 10.1. The molecule has 3 nitrogen and oxygen atoms in total. The Morgan fingerprint density at radius 2 is 1.68 bits per heavy atom. The smallest absolute Gasteiger partial charge is 0.162 e. The highest BCUT2D eigenvalue weighted by atomic mass is 15.2. The molecule has 1 aliphatic heterocycles. The zero-order valence-electron chi connectivity index (χ0n) is 12.8. The summed E-state index contributed by atoms with van der Waals surface area (Å²) in [6.07, 6.45) is 2.50. The highest BCUT2D eigenvalue weighted by Gasteiger charge is 2.18. The summed E-state index contributed by atoms with van der Waals surface area (Å²) in [4.78, 5) is 12.1. The Balaban J connectivity index is 1.95. The van der Waals surface area contributed by atoms with Crippen LogP contribution in [0, 0.1) is 6.92 Å². The Morgan fingerprint density at radius 3 is 2.45 bits per heavy atom. The third-order valence-electron chi connectivity index (χ3n) is 4.27. The topological polar surface area (TPSA) is 29.0 Å². The lowest BCUT2D eigenvalue weighted by Crippen LogP contribution is -2.20. The number of hydrogen-bond acceptors (Lipinski definition) is 3. The highest BCUT2D eigenvalue weighted by molar-refractivity contribution is 5.91. The maximum Gasteiger partial charge on any atom is 0.162 e. The number of fused-ring (bicyclic) bond motifs is 1. The monoisotopic (exact) mass is 289 g/mol. The van der Waals surface area contributed by atoms with E-state index >= 15 is 0 Å². The maximum atomic E-state index is 4.91. The average Bonchev–Trinajstić information content (AvgIpc) is 3.09. The molecule has 2 heterocycles. The molecule has 110 valence electrons. The van der Waals surface area contributed by atoms with Crippen LogP contribution in [0.1, 0.15) is 18.4 Å². The Kier molecular flexibility index (Phi) is 3.26. The summed E-state index contributed by atoms with van der Waals surface area (Å²) in [6.45, 7) is 4.31. The van der Waals surface area contributed by atoms with Crippen LogP contribution in [0.4, 0.5) is 5.82 Å². The van der Waals surface area contributed by atoms with Gasteiger partial charge in [0.1, 0.15) is 5.82 Å². The fourth-order valence-electron chi connectivity index (χ4n) is 3.11. The van der Waals surface area contributed by atoms with E-state index in [0.29, 0.717) is 0 Å². The molecule has 0 unspecified atom stereocenters. The molecule has 1 saturated heterocycles. The van der Waals surface area contributed by atoms with Gasteiger partial charge in [0.2, 0.25) is 0 Å². The van der Waals surface area contributed by atoms with Crippen LogP contribution < -0.4 is 4.90 Å². The molecule has 0 bridgehead atoms. The first-order valence-corrected chi connectivity index (χ1v) is 7.90. The molecule has 1 fully saturated rings. The summed E-state index contributed by atoms with van der Waals surface area (Å²) in [5.41, 5.74) is 3.36. The molecule has 0 amide bonds. The minimum atomic E-state index is 0.818. The predicted octanol–water partition coefficient (Wildman–Crippen LogP) is 4.21. The molecule has 0 aliphatic carbocycles. The Hall–Kier alpha value is -2.42. The normalized spacial score (nSPS) is 14.7. The van der Waals surface area contributed by atoms with Crippen molar-refractivity contribution in [1.29, 1.82) is 0 Å². The summed E-state index contributed by atoms with van der Waals surface area (Å²) >= 11 is 0. The molecule has 0 N–H and O–H groups in total. The maximum absolute atomic E-state index is 4.91. The van der Waals surface area contributed by atoms with E-state index in [9.17, 15) is 0 Å². The van der Waals surface area contributed by atoms with Crippen LogP contribution in [0.2, 0.25) is 0 Å². The van der Waals surface area contributed by atoms with Gasteiger partial charge in [-0.2, -0.15) is 0 Å². The van der Waals surface area contributed by atoms with Crippen molar-refractivity contribution < 1.29 is 0 Å². The highest BCUT2D eigenvalue weighted by Crippen LogP contribution is 2.30. The fraction of sp³-hybridized carbons (Fsp3) is 0.263. The largest absolute Gasteiger partial charge is 0.356 e. The van der Waals surface area contributed by atoms with Crippen molar-refractivity contribution in [2.24, 2.45) is 0 Å². The first kappa shape index (κ1) is 13.3. The summed E-state index contributed by atoms with van der Waals surface area (Å²) in [6, 6.07) is 16.7. The quantitative estimate of drug-likeness (QED) is 0.708. The van der Waals surface area contributed by atoms with Gasteiger partial charge >= 0.3 is 0 Å². The second kappa shape index (κ2) is 5.41. The van der Waals surface area contributed by atoms with Gasteiger partial charge in [-0.15, -0.1) is 0 Å². The number of nitrogens with zero attached hydrogens (tertiary/aromatic N) is 3. The molecule has 0 radical (unpaired) electrons. The number of rotatable bonds is 2. The van der Waals surface area contributed by atoms with Gasteiger partial charge in [0.25, 0.3) is 0 Å². The first-order chi connectivity index (χ1) is 10.8. The van der Waals surface area contributed by atoms with Crippen molar-refractivity contribution in [2.75, 3.05) is 18.0 Å². The summed E-state index contributed by atoms with van der Waals surface area (Å²) in [5, 5.41) is 1.17. The second-order valence-corrected chi connectivity index (χ2v) is 5.95. The predicted molar refractivity (Wildman–Crippen MR) is 91.2 cm³/mol. The standard InChI is InChI=1S/C19H19N3/c1-14-9-10-17-16(13-14)19(22-11-5-6-12-22)21-18(20-17)15-7-3-2-4-8-15/h2-4,7-10,13H,5-6,11-12H2,1H3. The number of aryl methyl sites for hydroxylation is 1. The van der Waals surface area contributed by atoms with Gasteiger partial charge in [0, 0.05) is 24.0 Å². The average molecular weight is 289 g/mol. The van der Waals surface area contributed by atoms with Gasteiger partial charge in [-0.3, -0.25) is 0 Å². The molecule has 3 aromatic rings. The molecule has 3 heteroatoms. The van der Waals surface area contributed by atoms with Crippen molar-refractivity contribution in [3.8, 4) is 11.4 Å². The van der Waals surface area contributed by atoms with E-state index in [1.807, 2.05) is 18.2 Å². The van der Waals surface area contributed by atoms with Crippen LogP contribution in [0.5, 0.6) is 0 Å². The van der Waals surface area contributed by atoms with Crippen LogP contribution >= 0.6 is 0 Å². The van der Waals surface area contributed by atoms with Crippen molar-refractivity contribution in [1.82, 2.24) is 9.97 Å². The summed E-state index contributed by atoms with van der Waals surface area (Å²) in [5.74, 6) is 1.91. The second-order valence-electron chi connectivity index (χ2n) is 5.95. The Morgan fingerprint density at radius 1 is 0.909 bits per heavy atom. The minimum Gasteiger partial charge on any atom is -0.356 e. The van der Waals surface area contributed by atoms with Gasteiger partial charge in [0.15, 0.2) is 5.82 Å². The lowest BCUT2D eigenvalue weighted by Gasteiger charge is -2.19. The van der Waals surface area contributed by atoms with Crippen molar-refractivity contribution >= 4 is 16.7 Å². The SMILES string of the molecule is Cc1ccc2nc(-c3ccccc3)nc(N3CCCC3)c2c1. The van der Waals surface area contributed by atoms with Gasteiger partial charge < -0.3 is 4.90 Å². The van der Waals surface area contributed by atoms with E-state index in [4.69, 9.17) is 9.97 Å². The number of hydrogen-bond donors (Lipinski definition) is 0. The molecule has 0 atom stereocenters. The third-order valence-corrected chi connectivity index (χ3v) is 4.27. The molecular weight excluding hydrogens is 270 g/mol. The van der Waals surface area contributed by atoms with E-state index in [0.717, 1.165) is 35.8 Å². The van der Waals surface area contributed by atoms with Gasteiger partial charge in [-0.25, -0.2) is 9.97 Å². The van der Waals surface area contributed by atoms with Gasteiger partial charge in [-0.05, 0) is 31.9 Å². The summed E-state index contributed by atoms with van der Waals surface area (Å²) in [7, 11) is 0. The number of benzene rings is 2. The fourth-order valence-corrected chi connectivity index (χ4v) is 3.11. The third kappa shape index (κ3) is 2.33. The van der Waals surface area contributed by atoms with E-state index in [1.165, 1.54) is 23.8 Å². The molecule has 4 rings (SSSR count). The molecule has 22 heavy (non-hydrogen) atoms. The van der Waals surface area contributed by atoms with E-state index in [-0.39, 0.29) is 0 Å². The molecule has 0 spiro atoms.